The third kappa shape index (κ3) is 4.44. The number of nitrogens with zero attached hydrogens (tertiary/aromatic N) is 1. The number of hydrogen-bond donors (Lipinski definition) is 2. The number of nitro benzene ring substituents is 1. The lowest BCUT2D eigenvalue weighted by molar-refractivity contribution is -0.384. The lowest BCUT2D eigenvalue weighted by Gasteiger charge is -2.14. The molecule has 23 heavy (non-hydrogen) atoms. The number of non-ortho nitro benzene ring substituents is 1. The maximum atomic E-state index is 10.8. The second-order valence-corrected chi connectivity index (χ2v) is 5.60. The molecule has 0 amide bonds. The second kappa shape index (κ2) is 7.45. The van der Waals surface area contributed by atoms with E-state index in [1.54, 1.807) is 18.2 Å². The number of nitro groups is 1. The molecule has 0 heterocycles. The summed E-state index contributed by atoms with van der Waals surface area (Å²) in [5, 5.41) is 17.8. The van der Waals surface area contributed by atoms with Crippen molar-refractivity contribution in [2.45, 2.75) is 0 Å². The van der Waals surface area contributed by atoms with Crippen molar-refractivity contribution in [1.82, 2.24) is 0 Å². The molecular weight excluding hydrogens is 361 g/mol. The third-order valence-electron chi connectivity index (χ3n) is 2.82. The number of thiocarbonyl (C=S) groups is 1. The van der Waals surface area contributed by atoms with E-state index >= 15 is 0 Å². The molecule has 0 aliphatic heterocycles. The summed E-state index contributed by atoms with van der Waals surface area (Å²) >= 11 is 17.1. The van der Waals surface area contributed by atoms with Crippen LogP contribution >= 0.6 is 35.4 Å². The summed E-state index contributed by atoms with van der Waals surface area (Å²) < 4.78 is 5.13. The highest BCUT2D eigenvalue weighted by atomic mass is 35.5. The monoisotopic (exact) mass is 371 g/mol. The van der Waals surface area contributed by atoms with Gasteiger partial charge in [0.05, 0.1) is 34.5 Å². The van der Waals surface area contributed by atoms with E-state index < -0.39 is 4.92 Å². The van der Waals surface area contributed by atoms with Gasteiger partial charge in [0.1, 0.15) is 5.75 Å². The van der Waals surface area contributed by atoms with Crippen LogP contribution in [0.5, 0.6) is 5.75 Å². The highest BCUT2D eigenvalue weighted by molar-refractivity contribution is 7.80. The van der Waals surface area contributed by atoms with E-state index in [1.807, 2.05) is 0 Å². The number of hydrogen-bond acceptors (Lipinski definition) is 4. The maximum absolute atomic E-state index is 10.8. The van der Waals surface area contributed by atoms with E-state index in [1.165, 1.54) is 25.3 Å². The Bertz CT molecular complexity index is 771. The van der Waals surface area contributed by atoms with E-state index in [2.05, 4.69) is 10.6 Å². The highest BCUT2D eigenvalue weighted by Gasteiger charge is 2.12. The third-order valence-corrected chi connectivity index (χ3v) is 3.58. The fraction of sp³-hybridized carbons (Fsp3) is 0.0714. The second-order valence-electron chi connectivity index (χ2n) is 4.34. The fourth-order valence-corrected chi connectivity index (χ4v) is 2.44. The van der Waals surface area contributed by atoms with Crippen LogP contribution in [0.3, 0.4) is 0 Å². The van der Waals surface area contributed by atoms with Crippen LogP contribution in [0, 0.1) is 10.1 Å². The van der Waals surface area contributed by atoms with Gasteiger partial charge in [-0.1, -0.05) is 23.2 Å². The van der Waals surface area contributed by atoms with Gasteiger partial charge in [0.25, 0.3) is 5.69 Å². The van der Waals surface area contributed by atoms with Gasteiger partial charge in [-0.25, -0.2) is 0 Å². The van der Waals surface area contributed by atoms with Gasteiger partial charge in [0.15, 0.2) is 5.11 Å². The van der Waals surface area contributed by atoms with Crippen molar-refractivity contribution in [3.63, 3.8) is 0 Å². The van der Waals surface area contributed by atoms with Crippen molar-refractivity contribution < 1.29 is 9.66 Å². The molecule has 120 valence electrons. The van der Waals surface area contributed by atoms with Gasteiger partial charge >= 0.3 is 0 Å². The first-order valence-corrected chi connectivity index (χ1v) is 7.42. The summed E-state index contributed by atoms with van der Waals surface area (Å²) in [6.07, 6.45) is 0. The van der Waals surface area contributed by atoms with Gasteiger partial charge in [-0.3, -0.25) is 10.1 Å². The molecule has 0 saturated carbocycles. The maximum Gasteiger partial charge on any atom is 0.273 e. The molecule has 2 aromatic carbocycles. The number of benzene rings is 2. The molecule has 0 atom stereocenters. The molecule has 0 aromatic heterocycles. The Hall–Kier alpha value is -2.09. The molecule has 0 aliphatic carbocycles. The number of anilines is 2. The summed E-state index contributed by atoms with van der Waals surface area (Å²) in [4.78, 5) is 10.3. The molecule has 0 radical (unpaired) electrons. The van der Waals surface area contributed by atoms with Crippen LogP contribution in [0.15, 0.2) is 36.4 Å². The van der Waals surface area contributed by atoms with Crippen molar-refractivity contribution in [2.24, 2.45) is 0 Å². The van der Waals surface area contributed by atoms with Gasteiger partial charge in [-0.15, -0.1) is 0 Å². The van der Waals surface area contributed by atoms with Crippen LogP contribution < -0.4 is 15.4 Å². The number of nitrogens with one attached hydrogen (secondary N) is 2. The van der Waals surface area contributed by atoms with Gasteiger partial charge in [0.2, 0.25) is 0 Å². The molecule has 0 saturated heterocycles. The summed E-state index contributed by atoms with van der Waals surface area (Å²) in [5.41, 5.74) is 0.988. The summed E-state index contributed by atoms with van der Waals surface area (Å²) in [7, 11) is 1.41. The number of rotatable bonds is 4. The topological polar surface area (TPSA) is 76.4 Å². The van der Waals surface area contributed by atoms with Crippen LogP contribution in [-0.4, -0.2) is 17.1 Å². The highest BCUT2D eigenvalue weighted by Crippen LogP contribution is 2.30. The Kier molecular flexibility index (Phi) is 5.59. The average Bonchev–Trinajstić information content (AvgIpc) is 2.50. The molecule has 2 rings (SSSR count). The molecule has 0 aliphatic rings. The normalized spacial score (nSPS) is 10.0. The van der Waals surface area contributed by atoms with Crippen molar-refractivity contribution in [3.05, 3.63) is 56.6 Å². The predicted molar refractivity (Wildman–Crippen MR) is 96.0 cm³/mol. The van der Waals surface area contributed by atoms with E-state index in [4.69, 9.17) is 40.2 Å². The smallest absolute Gasteiger partial charge is 0.273 e. The molecule has 0 bridgehead atoms. The van der Waals surface area contributed by atoms with Gasteiger partial charge in [-0.05, 0) is 36.5 Å². The SMILES string of the molecule is COc1cc([N+](=O)[O-])ccc1NC(=S)Nc1ccc(Cl)cc1Cl. The number of halogens is 2. The average molecular weight is 372 g/mol. The quantitative estimate of drug-likeness (QED) is 0.460. The first-order valence-electron chi connectivity index (χ1n) is 6.26. The van der Waals surface area contributed by atoms with Crippen molar-refractivity contribution in [2.75, 3.05) is 17.7 Å². The predicted octanol–water partition coefficient (Wildman–Crippen LogP) is 4.72. The van der Waals surface area contributed by atoms with E-state index in [9.17, 15) is 10.1 Å². The zero-order chi connectivity index (χ0) is 17.0. The minimum atomic E-state index is -0.504. The zero-order valence-electron chi connectivity index (χ0n) is 11.8. The lowest BCUT2D eigenvalue weighted by Crippen LogP contribution is -2.19. The summed E-state index contributed by atoms with van der Waals surface area (Å²) in [6.45, 7) is 0. The lowest BCUT2D eigenvalue weighted by atomic mass is 10.2. The molecule has 2 aromatic rings. The van der Waals surface area contributed by atoms with Crippen LogP contribution in [0.2, 0.25) is 10.0 Å². The largest absolute Gasteiger partial charge is 0.494 e. The van der Waals surface area contributed by atoms with E-state index in [0.29, 0.717) is 27.2 Å². The summed E-state index contributed by atoms with van der Waals surface area (Å²) in [5.74, 6) is 0.297. The van der Waals surface area contributed by atoms with Gasteiger partial charge in [0, 0.05) is 11.1 Å². The minimum Gasteiger partial charge on any atom is -0.494 e. The molecule has 2 N–H and O–H groups in total. The number of ether oxygens (including phenoxy) is 1. The summed E-state index contributed by atoms with van der Waals surface area (Å²) in [6, 6.07) is 9.11. The standard InChI is InChI=1S/C14H11Cl2N3O3S/c1-22-13-7-9(19(20)21)3-5-12(13)18-14(23)17-11-4-2-8(15)6-10(11)16/h2-7H,1H3,(H2,17,18,23). The fourth-order valence-electron chi connectivity index (χ4n) is 1.76. The van der Waals surface area contributed by atoms with Crippen molar-refractivity contribution >= 4 is 57.6 Å². The van der Waals surface area contributed by atoms with E-state index in [0.717, 1.165) is 0 Å². The number of methoxy groups -OCH3 is 1. The van der Waals surface area contributed by atoms with Crippen molar-refractivity contribution in [3.8, 4) is 5.75 Å². The Morgan fingerprint density at radius 2 is 1.83 bits per heavy atom. The Labute approximate surface area is 147 Å². The van der Waals surface area contributed by atoms with Crippen LogP contribution in [0.1, 0.15) is 0 Å². The van der Waals surface area contributed by atoms with Crippen molar-refractivity contribution in [1.29, 1.82) is 0 Å². The Morgan fingerprint density at radius 1 is 1.17 bits per heavy atom. The first-order chi connectivity index (χ1) is 10.9. The molecule has 0 unspecified atom stereocenters. The molecular formula is C14H11Cl2N3O3S. The molecule has 0 spiro atoms. The Morgan fingerprint density at radius 3 is 2.43 bits per heavy atom. The van der Waals surface area contributed by atoms with Gasteiger partial charge < -0.3 is 15.4 Å². The molecule has 9 heteroatoms. The van der Waals surface area contributed by atoms with Gasteiger partial charge in [-0.2, -0.15) is 0 Å². The first kappa shape index (κ1) is 17.3. The van der Waals surface area contributed by atoms with Crippen LogP contribution in [-0.2, 0) is 0 Å². The Balaban J connectivity index is 2.15. The van der Waals surface area contributed by atoms with Crippen LogP contribution in [0.4, 0.5) is 17.1 Å². The molecule has 0 fully saturated rings. The van der Waals surface area contributed by atoms with E-state index in [-0.39, 0.29) is 10.8 Å². The molecule has 6 nitrogen and oxygen atoms in total. The van der Waals surface area contributed by atoms with Crippen LogP contribution in [0.25, 0.3) is 0 Å². The minimum absolute atomic E-state index is 0.0768. The zero-order valence-corrected chi connectivity index (χ0v) is 14.1.